The molecule has 0 aromatic heterocycles. The number of halogens is 2. The van der Waals surface area contributed by atoms with Crippen molar-refractivity contribution in [3.63, 3.8) is 0 Å². The van der Waals surface area contributed by atoms with E-state index in [1.165, 1.54) is 0 Å². The van der Waals surface area contributed by atoms with E-state index in [4.69, 9.17) is 32.7 Å². The molecule has 2 aromatic carbocycles. The molecule has 1 heterocycles. The fourth-order valence-corrected chi connectivity index (χ4v) is 3.01. The van der Waals surface area contributed by atoms with Gasteiger partial charge in [0.1, 0.15) is 17.6 Å². The Bertz CT molecular complexity index is 749. The van der Waals surface area contributed by atoms with E-state index in [1.807, 2.05) is 18.2 Å². The van der Waals surface area contributed by atoms with Gasteiger partial charge in [0, 0.05) is 17.0 Å². The van der Waals surface area contributed by atoms with Gasteiger partial charge < -0.3 is 14.8 Å². The van der Waals surface area contributed by atoms with Crippen LogP contribution in [0.1, 0.15) is 15.9 Å². The number of carbonyl (C=O) groups is 1. The van der Waals surface area contributed by atoms with Gasteiger partial charge in [0.2, 0.25) is 0 Å². The smallest absolute Gasteiger partial charge is 0.252 e. The maximum absolute atomic E-state index is 12.2. The lowest BCUT2D eigenvalue weighted by Gasteiger charge is -2.12. The van der Waals surface area contributed by atoms with E-state index in [9.17, 15) is 4.79 Å². The van der Waals surface area contributed by atoms with Crippen LogP contribution in [-0.4, -0.2) is 25.7 Å². The van der Waals surface area contributed by atoms with Crippen LogP contribution in [0.25, 0.3) is 0 Å². The number of carbonyl (C=O) groups excluding carboxylic acids is 1. The Morgan fingerprint density at radius 1 is 1.30 bits per heavy atom. The normalized spacial score (nSPS) is 15.7. The summed E-state index contributed by atoms with van der Waals surface area (Å²) in [6.45, 7) is 0.398. The number of rotatable bonds is 4. The van der Waals surface area contributed by atoms with Crippen LogP contribution in [0, 0.1) is 0 Å². The number of ether oxygens (including phenoxy) is 2. The molecule has 120 valence electrons. The summed E-state index contributed by atoms with van der Waals surface area (Å²) in [5.41, 5.74) is 1.47. The monoisotopic (exact) mass is 351 g/mol. The van der Waals surface area contributed by atoms with Crippen molar-refractivity contribution in [1.29, 1.82) is 0 Å². The van der Waals surface area contributed by atoms with Crippen LogP contribution in [-0.2, 0) is 6.42 Å². The fraction of sp³-hybridized carbons (Fsp3) is 0.235. The van der Waals surface area contributed by atoms with Crippen LogP contribution < -0.4 is 14.8 Å². The van der Waals surface area contributed by atoms with Crippen molar-refractivity contribution in [2.45, 2.75) is 12.5 Å². The standard InChI is InChI=1S/C17H15Cl2NO3/c1-22-12-3-5-16-10(6-12)7-13(23-16)9-20-17(21)14-4-2-11(18)8-15(14)19/h2-6,8,13H,7,9H2,1H3,(H,20,21). The van der Waals surface area contributed by atoms with Crippen molar-refractivity contribution >= 4 is 29.1 Å². The van der Waals surface area contributed by atoms with Gasteiger partial charge in [0.25, 0.3) is 5.91 Å². The van der Waals surface area contributed by atoms with Crippen LogP contribution in [0.15, 0.2) is 36.4 Å². The van der Waals surface area contributed by atoms with Crippen LogP contribution in [0.4, 0.5) is 0 Å². The molecule has 0 bridgehead atoms. The Morgan fingerprint density at radius 3 is 2.87 bits per heavy atom. The van der Waals surface area contributed by atoms with Crippen molar-refractivity contribution in [3.05, 3.63) is 57.6 Å². The van der Waals surface area contributed by atoms with Crippen molar-refractivity contribution in [3.8, 4) is 11.5 Å². The highest BCUT2D eigenvalue weighted by Crippen LogP contribution is 2.31. The zero-order valence-corrected chi connectivity index (χ0v) is 13.9. The second-order valence-electron chi connectivity index (χ2n) is 5.25. The summed E-state index contributed by atoms with van der Waals surface area (Å²) in [7, 11) is 1.63. The van der Waals surface area contributed by atoms with E-state index in [2.05, 4.69) is 5.32 Å². The molecule has 4 nitrogen and oxygen atoms in total. The first kappa shape index (κ1) is 16.0. The van der Waals surface area contributed by atoms with Crippen molar-refractivity contribution < 1.29 is 14.3 Å². The molecule has 0 radical (unpaired) electrons. The number of methoxy groups -OCH3 is 1. The summed E-state index contributed by atoms with van der Waals surface area (Å²) in [4.78, 5) is 12.2. The molecule has 1 N–H and O–H groups in total. The minimum Gasteiger partial charge on any atom is -0.497 e. The lowest BCUT2D eigenvalue weighted by Crippen LogP contribution is -2.34. The maximum Gasteiger partial charge on any atom is 0.252 e. The molecule has 0 saturated heterocycles. The Balaban J connectivity index is 1.60. The molecule has 3 rings (SSSR count). The summed E-state index contributed by atoms with van der Waals surface area (Å²) >= 11 is 11.9. The van der Waals surface area contributed by atoms with Gasteiger partial charge in [-0.3, -0.25) is 4.79 Å². The zero-order valence-electron chi connectivity index (χ0n) is 12.4. The third kappa shape index (κ3) is 3.54. The van der Waals surface area contributed by atoms with Crippen LogP contribution in [0.5, 0.6) is 11.5 Å². The van der Waals surface area contributed by atoms with Crippen molar-refractivity contribution in [1.82, 2.24) is 5.32 Å². The SMILES string of the molecule is COc1ccc2c(c1)CC(CNC(=O)c1ccc(Cl)cc1Cl)O2. The molecule has 2 aromatic rings. The van der Waals surface area contributed by atoms with E-state index in [1.54, 1.807) is 25.3 Å². The number of benzene rings is 2. The molecule has 23 heavy (non-hydrogen) atoms. The first-order valence-corrected chi connectivity index (χ1v) is 7.89. The average molecular weight is 352 g/mol. The molecular formula is C17H15Cl2NO3. The minimum atomic E-state index is -0.246. The molecule has 1 unspecified atom stereocenters. The van der Waals surface area contributed by atoms with Crippen LogP contribution >= 0.6 is 23.2 Å². The summed E-state index contributed by atoms with van der Waals surface area (Å²) < 4.78 is 11.0. The summed E-state index contributed by atoms with van der Waals surface area (Å²) in [6.07, 6.45) is 0.619. The van der Waals surface area contributed by atoms with E-state index < -0.39 is 0 Å². The number of fused-ring (bicyclic) bond motifs is 1. The molecule has 0 saturated carbocycles. The number of hydrogen-bond acceptors (Lipinski definition) is 3. The highest BCUT2D eigenvalue weighted by molar-refractivity contribution is 6.36. The topological polar surface area (TPSA) is 47.6 Å². The summed E-state index contributed by atoms with van der Waals surface area (Å²) in [6, 6.07) is 10.5. The Kier molecular flexibility index (Phi) is 4.64. The second-order valence-corrected chi connectivity index (χ2v) is 6.10. The molecule has 0 aliphatic carbocycles. The number of amides is 1. The first-order chi connectivity index (χ1) is 11.1. The minimum absolute atomic E-state index is 0.105. The van der Waals surface area contributed by atoms with Gasteiger partial charge in [-0.15, -0.1) is 0 Å². The maximum atomic E-state index is 12.2. The predicted molar refractivity (Wildman–Crippen MR) is 89.9 cm³/mol. The molecule has 1 aliphatic heterocycles. The van der Waals surface area contributed by atoms with E-state index in [0.29, 0.717) is 22.2 Å². The van der Waals surface area contributed by atoms with E-state index in [-0.39, 0.29) is 12.0 Å². The van der Waals surface area contributed by atoms with Gasteiger partial charge in [-0.25, -0.2) is 0 Å². The van der Waals surface area contributed by atoms with E-state index >= 15 is 0 Å². The van der Waals surface area contributed by atoms with Crippen LogP contribution in [0.3, 0.4) is 0 Å². The Morgan fingerprint density at radius 2 is 2.13 bits per heavy atom. The van der Waals surface area contributed by atoms with Gasteiger partial charge in [-0.2, -0.15) is 0 Å². The quantitative estimate of drug-likeness (QED) is 0.912. The Hall–Kier alpha value is -1.91. The predicted octanol–water partition coefficient (Wildman–Crippen LogP) is 3.74. The molecular weight excluding hydrogens is 337 g/mol. The third-order valence-corrected chi connectivity index (χ3v) is 4.22. The average Bonchev–Trinajstić information content (AvgIpc) is 2.94. The van der Waals surface area contributed by atoms with Crippen LogP contribution in [0.2, 0.25) is 10.0 Å². The molecule has 0 spiro atoms. The molecule has 0 fully saturated rings. The van der Waals surface area contributed by atoms with Gasteiger partial charge in [0.05, 0.1) is 24.2 Å². The van der Waals surface area contributed by atoms with Gasteiger partial charge in [-0.1, -0.05) is 23.2 Å². The largest absolute Gasteiger partial charge is 0.497 e. The molecule has 6 heteroatoms. The zero-order chi connectivity index (χ0) is 16.4. The lowest BCUT2D eigenvalue weighted by atomic mass is 10.1. The summed E-state index contributed by atoms with van der Waals surface area (Å²) in [5, 5.41) is 3.67. The van der Waals surface area contributed by atoms with Gasteiger partial charge in [0.15, 0.2) is 0 Å². The third-order valence-electron chi connectivity index (χ3n) is 3.67. The van der Waals surface area contributed by atoms with Gasteiger partial charge >= 0.3 is 0 Å². The highest BCUT2D eigenvalue weighted by atomic mass is 35.5. The highest BCUT2D eigenvalue weighted by Gasteiger charge is 2.24. The Labute approximate surface area is 144 Å². The second kappa shape index (κ2) is 6.69. The van der Waals surface area contributed by atoms with Crippen molar-refractivity contribution in [2.24, 2.45) is 0 Å². The first-order valence-electron chi connectivity index (χ1n) is 7.13. The molecule has 1 amide bonds. The summed E-state index contributed by atoms with van der Waals surface area (Å²) in [5.74, 6) is 1.38. The fourth-order valence-electron chi connectivity index (χ4n) is 2.51. The van der Waals surface area contributed by atoms with Gasteiger partial charge in [-0.05, 0) is 36.4 Å². The lowest BCUT2D eigenvalue weighted by molar-refractivity contribution is 0.0933. The number of hydrogen-bond donors (Lipinski definition) is 1. The molecule has 1 atom stereocenters. The molecule has 1 aliphatic rings. The number of nitrogens with one attached hydrogen (secondary N) is 1. The van der Waals surface area contributed by atoms with Crippen molar-refractivity contribution in [2.75, 3.05) is 13.7 Å². The van der Waals surface area contributed by atoms with E-state index in [0.717, 1.165) is 23.5 Å².